The van der Waals surface area contributed by atoms with Crippen molar-refractivity contribution in [2.45, 2.75) is 43.0 Å². The molecule has 2 N–H and O–H groups in total. The minimum Gasteiger partial charge on any atom is -0.495 e. The molecule has 0 radical (unpaired) electrons. The van der Waals surface area contributed by atoms with E-state index in [-0.39, 0.29) is 16.2 Å². The molecule has 9 heteroatoms. The summed E-state index contributed by atoms with van der Waals surface area (Å²) in [6, 6.07) is 4.14. The molecule has 0 heterocycles. The average Bonchev–Trinajstić information content (AvgIpc) is 2.60. The predicted octanol–water partition coefficient (Wildman–Crippen LogP) is 1.71. The lowest BCUT2D eigenvalue weighted by atomic mass is 9.73. The van der Waals surface area contributed by atoms with E-state index >= 15 is 0 Å². The van der Waals surface area contributed by atoms with Crippen LogP contribution < -0.4 is 10.1 Å². The summed E-state index contributed by atoms with van der Waals surface area (Å²) in [5, 5.41) is 12.3. The molecule has 0 spiro atoms. The van der Waals surface area contributed by atoms with Crippen molar-refractivity contribution in [2.24, 2.45) is 5.92 Å². The van der Waals surface area contributed by atoms with Crippen LogP contribution in [-0.4, -0.2) is 56.5 Å². The zero-order valence-electron chi connectivity index (χ0n) is 16.0. The van der Waals surface area contributed by atoms with Crippen LogP contribution in [0.25, 0.3) is 0 Å². The fourth-order valence-corrected chi connectivity index (χ4v) is 4.50. The molecule has 1 aliphatic rings. The Kier molecular flexibility index (Phi) is 6.16. The second-order valence-corrected chi connectivity index (χ2v) is 9.28. The standard InChI is InChI=1S/C18H26N2O6S/c1-18(10-6-5-7-13(18)17(22)23)19-16(21)12-8-9-14(26-4)15(11-12)27(24,25)20(2)3/h8-9,11,13H,5-7,10H2,1-4H3,(H,19,21)(H,22,23). The molecule has 0 bridgehead atoms. The molecule has 1 fully saturated rings. The van der Waals surface area contributed by atoms with Crippen molar-refractivity contribution in [2.75, 3.05) is 21.2 Å². The zero-order chi connectivity index (χ0) is 20.4. The molecular weight excluding hydrogens is 372 g/mol. The van der Waals surface area contributed by atoms with Gasteiger partial charge < -0.3 is 15.2 Å². The van der Waals surface area contributed by atoms with Crippen LogP contribution in [0.4, 0.5) is 0 Å². The van der Waals surface area contributed by atoms with Crippen LogP contribution in [0.15, 0.2) is 23.1 Å². The highest BCUT2D eigenvalue weighted by Gasteiger charge is 2.42. The molecular formula is C18H26N2O6S. The van der Waals surface area contributed by atoms with Crippen molar-refractivity contribution in [1.82, 2.24) is 9.62 Å². The van der Waals surface area contributed by atoms with Gasteiger partial charge in [-0.2, -0.15) is 0 Å². The third-order valence-corrected chi connectivity index (χ3v) is 6.93. The highest BCUT2D eigenvalue weighted by molar-refractivity contribution is 7.89. The summed E-state index contributed by atoms with van der Waals surface area (Å²) in [7, 11) is 0.319. The molecule has 8 nitrogen and oxygen atoms in total. The summed E-state index contributed by atoms with van der Waals surface area (Å²) in [5.74, 6) is -2.00. The van der Waals surface area contributed by atoms with Gasteiger partial charge in [-0.05, 0) is 38.0 Å². The number of benzene rings is 1. The first-order chi connectivity index (χ1) is 12.5. The Morgan fingerprint density at radius 1 is 1.30 bits per heavy atom. The van der Waals surface area contributed by atoms with E-state index in [1.54, 1.807) is 6.92 Å². The zero-order valence-corrected chi connectivity index (χ0v) is 16.8. The van der Waals surface area contributed by atoms with E-state index in [9.17, 15) is 23.1 Å². The van der Waals surface area contributed by atoms with Gasteiger partial charge in [0.25, 0.3) is 5.91 Å². The van der Waals surface area contributed by atoms with Crippen LogP contribution in [0.5, 0.6) is 5.75 Å². The first kappa shape index (κ1) is 21.2. The maximum Gasteiger partial charge on any atom is 0.308 e. The number of carbonyl (C=O) groups excluding carboxylic acids is 1. The van der Waals surface area contributed by atoms with Gasteiger partial charge in [0, 0.05) is 19.7 Å². The van der Waals surface area contributed by atoms with Crippen molar-refractivity contribution < 1.29 is 27.9 Å². The van der Waals surface area contributed by atoms with Gasteiger partial charge in [-0.25, -0.2) is 12.7 Å². The summed E-state index contributed by atoms with van der Waals surface area (Å²) >= 11 is 0. The first-order valence-corrected chi connectivity index (χ1v) is 10.1. The smallest absolute Gasteiger partial charge is 0.308 e. The second-order valence-electron chi connectivity index (χ2n) is 7.16. The number of nitrogens with one attached hydrogen (secondary N) is 1. The van der Waals surface area contributed by atoms with Gasteiger partial charge in [0.05, 0.1) is 18.6 Å². The Hall–Kier alpha value is -2.13. The molecule has 0 saturated heterocycles. The number of hydrogen-bond acceptors (Lipinski definition) is 5. The van der Waals surface area contributed by atoms with E-state index in [1.165, 1.54) is 39.4 Å². The summed E-state index contributed by atoms with van der Waals surface area (Å²) < 4.78 is 31.2. The van der Waals surface area contributed by atoms with Crippen LogP contribution in [0.1, 0.15) is 43.0 Å². The summed E-state index contributed by atoms with van der Waals surface area (Å²) in [6.07, 6.45) is 2.67. The van der Waals surface area contributed by atoms with Crippen molar-refractivity contribution in [3.63, 3.8) is 0 Å². The molecule has 1 amide bonds. The maximum atomic E-state index is 12.8. The normalized spacial score (nSPS) is 23.1. The molecule has 2 atom stereocenters. The largest absolute Gasteiger partial charge is 0.495 e. The van der Waals surface area contributed by atoms with E-state index in [2.05, 4.69) is 5.32 Å². The molecule has 150 valence electrons. The first-order valence-electron chi connectivity index (χ1n) is 8.69. The van der Waals surface area contributed by atoms with Gasteiger partial charge in [-0.3, -0.25) is 9.59 Å². The predicted molar refractivity (Wildman–Crippen MR) is 99.3 cm³/mol. The van der Waals surface area contributed by atoms with E-state index in [0.717, 1.165) is 17.1 Å². The Bertz CT molecular complexity index is 836. The van der Waals surface area contributed by atoms with Crippen molar-refractivity contribution in [3.8, 4) is 5.75 Å². The number of carboxylic acids is 1. The number of sulfonamides is 1. The monoisotopic (exact) mass is 398 g/mol. The molecule has 1 aromatic rings. The maximum absolute atomic E-state index is 12.8. The van der Waals surface area contributed by atoms with E-state index in [1.807, 2.05) is 0 Å². The Balaban J connectivity index is 2.38. The van der Waals surface area contributed by atoms with Gasteiger partial charge in [0.2, 0.25) is 10.0 Å². The average molecular weight is 398 g/mol. The summed E-state index contributed by atoms with van der Waals surface area (Å²) in [4.78, 5) is 24.2. The number of hydrogen-bond donors (Lipinski definition) is 2. The number of rotatable bonds is 6. The third-order valence-electron chi connectivity index (χ3n) is 5.09. The van der Waals surface area contributed by atoms with Crippen LogP contribution in [0.2, 0.25) is 0 Å². The molecule has 1 saturated carbocycles. The molecule has 1 aromatic carbocycles. The highest BCUT2D eigenvalue weighted by atomic mass is 32.2. The summed E-state index contributed by atoms with van der Waals surface area (Å²) in [6.45, 7) is 1.73. The Labute approximate surface area is 159 Å². The Morgan fingerprint density at radius 2 is 1.96 bits per heavy atom. The van der Waals surface area contributed by atoms with Gasteiger partial charge in [-0.15, -0.1) is 0 Å². The van der Waals surface area contributed by atoms with E-state index in [4.69, 9.17) is 4.74 Å². The molecule has 0 aliphatic heterocycles. The number of methoxy groups -OCH3 is 1. The quantitative estimate of drug-likeness (QED) is 0.754. The fourth-order valence-electron chi connectivity index (χ4n) is 3.43. The molecule has 1 aliphatic carbocycles. The van der Waals surface area contributed by atoms with Gasteiger partial charge in [-0.1, -0.05) is 12.8 Å². The summed E-state index contributed by atoms with van der Waals surface area (Å²) in [5.41, 5.74) is -0.756. The fraction of sp³-hybridized carbons (Fsp3) is 0.556. The van der Waals surface area contributed by atoms with Crippen molar-refractivity contribution in [1.29, 1.82) is 0 Å². The molecule has 2 unspecified atom stereocenters. The number of carbonyl (C=O) groups is 2. The molecule has 27 heavy (non-hydrogen) atoms. The van der Waals surface area contributed by atoms with Gasteiger partial charge in [0.15, 0.2) is 0 Å². The van der Waals surface area contributed by atoms with Crippen molar-refractivity contribution >= 4 is 21.9 Å². The van der Waals surface area contributed by atoms with Crippen molar-refractivity contribution in [3.05, 3.63) is 23.8 Å². The minimum absolute atomic E-state index is 0.119. The lowest BCUT2D eigenvalue weighted by Gasteiger charge is -2.39. The number of aliphatic carboxylic acids is 1. The number of ether oxygens (including phenoxy) is 1. The third kappa shape index (κ3) is 4.24. The number of nitrogens with zero attached hydrogens (tertiary/aromatic N) is 1. The topological polar surface area (TPSA) is 113 Å². The molecule has 0 aromatic heterocycles. The minimum atomic E-state index is -3.81. The lowest BCUT2D eigenvalue weighted by molar-refractivity contribution is -0.145. The lowest BCUT2D eigenvalue weighted by Crippen LogP contribution is -2.55. The van der Waals surface area contributed by atoms with Gasteiger partial charge in [0.1, 0.15) is 10.6 Å². The molecule has 2 rings (SSSR count). The van der Waals surface area contributed by atoms with Crippen LogP contribution in [-0.2, 0) is 14.8 Å². The number of amides is 1. The Morgan fingerprint density at radius 3 is 2.52 bits per heavy atom. The highest BCUT2D eigenvalue weighted by Crippen LogP contribution is 2.34. The van der Waals surface area contributed by atoms with Gasteiger partial charge >= 0.3 is 5.97 Å². The van der Waals surface area contributed by atoms with E-state index in [0.29, 0.717) is 12.8 Å². The van der Waals surface area contributed by atoms with E-state index < -0.39 is 33.4 Å². The van der Waals surface area contributed by atoms with Crippen LogP contribution in [0.3, 0.4) is 0 Å². The second kappa shape index (κ2) is 7.85. The SMILES string of the molecule is COc1ccc(C(=O)NC2(C)CCCCC2C(=O)O)cc1S(=O)(=O)N(C)C. The number of carboxylic acid groups (broad SMARTS) is 1. The van der Waals surface area contributed by atoms with Crippen LogP contribution in [0, 0.1) is 5.92 Å². The van der Waals surface area contributed by atoms with Crippen LogP contribution >= 0.6 is 0 Å².